The molecule has 0 spiro atoms. The van der Waals surface area contributed by atoms with Crippen LogP contribution in [0.2, 0.25) is 0 Å². The molecule has 0 saturated heterocycles. The summed E-state index contributed by atoms with van der Waals surface area (Å²) in [5.41, 5.74) is 15.7. The van der Waals surface area contributed by atoms with Crippen LogP contribution in [0.4, 0.5) is 0 Å². The first-order valence-electron chi connectivity index (χ1n) is 17.6. The van der Waals surface area contributed by atoms with Crippen molar-refractivity contribution in [1.29, 1.82) is 0 Å². The van der Waals surface area contributed by atoms with Gasteiger partial charge in [0.1, 0.15) is 0 Å². The molecule has 0 fully saturated rings. The van der Waals surface area contributed by atoms with E-state index in [-0.39, 0.29) is 0 Å². The molecule has 0 aliphatic heterocycles. The fourth-order valence-electron chi connectivity index (χ4n) is 8.07. The van der Waals surface area contributed by atoms with Crippen molar-refractivity contribution >= 4 is 43.6 Å². The lowest BCUT2D eigenvalue weighted by molar-refractivity contribution is 1.15. The number of fused-ring (bicyclic) bond motifs is 6. The van der Waals surface area contributed by atoms with Crippen LogP contribution in [0.1, 0.15) is 5.56 Å². The highest BCUT2D eigenvalue weighted by atomic mass is 15.0. The Hall–Kier alpha value is -6.64. The zero-order valence-corrected chi connectivity index (χ0v) is 28.3. The molecule has 0 amide bonds. The summed E-state index contributed by atoms with van der Waals surface area (Å²) in [5.74, 6) is 0. The third-order valence-electron chi connectivity index (χ3n) is 10.5. The van der Waals surface area contributed by atoms with Crippen molar-refractivity contribution in [2.24, 2.45) is 0 Å². The first-order chi connectivity index (χ1) is 25.2. The van der Waals surface area contributed by atoms with E-state index in [1.807, 2.05) is 0 Å². The predicted octanol–water partition coefficient (Wildman–Crippen LogP) is 13.2. The topological polar surface area (TPSA) is 9.86 Å². The van der Waals surface area contributed by atoms with Crippen molar-refractivity contribution in [3.8, 4) is 44.8 Å². The minimum Gasteiger partial charge on any atom is -0.309 e. The number of para-hydroxylation sites is 3. The van der Waals surface area contributed by atoms with Gasteiger partial charge in [-0.05, 0) is 94.9 Å². The molecule has 2 aromatic heterocycles. The molecule has 10 rings (SSSR count). The van der Waals surface area contributed by atoms with Gasteiger partial charge in [-0.25, -0.2) is 0 Å². The first kappa shape index (κ1) is 29.3. The molecule has 10 aromatic rings. The molecule has 0 unspecified atom stereocenters. The fraction of sp³-hybridized carbons (Fsp3) is 0.0204. The lowest BCUT2D eigenvalue weighted by Gasteiger charge is -2.17. The first-order valence-corrected chi connectivity index (χ1v) is 17.6. The number of aromatic nitrogens is 2. The van der Waals surface area contributed by atoms with Gasteiger partial charge in [0.2, 0.25) is 0 Å². The van der Waals surface area contributed by atoms with Crippen LogP contribution in [0.5, 0.6) is 0 Å². The summed E-state index contributed by atoms with van der Waals surface area (Å²) < 4.78 is 4.87. The Kier molecular flexibility index (Phi) is 6.75. The van der Waals surface area contributed by atoms with Gasteiger partial charge >= 0.3 is 0 Å². The monoisotopic (exact) mass is 650 g/mol. The Bertz CT molecular complexity index is 2760. The molecule has 0 atom stereocenters. The van der Waals surface area contributed by atoms with Crippen molar-refractivity contribution in [3.05, 3.63) is 194 Å². The van der Waals surface area contributed by atoms with Crippen molar-refractivity contribution < 1.29 is 0 Å². The van der Waals surface area contributed by atoms with Crippen LogP contribution < -0.4 is 0 Å². The standard InChI is InChI=1S/C49H34N2/c1-33-30-38(39-18-8-11-21-45(39)51-46-22-12-9-19-40(46)41-20-10-13-23-47(41)51)26-27-44(33)50-48-28-24-36(34-14-4-2-5-15-34)31-42(48)43-32-37(25-29-49(43)50)35-16-6-3-7-17-35/h2-32H,1H3. The summed E-state index contributed by atoms with van der Waals surface area (Å²) in [4.78, 5) is 0. The maximum Gasteiger partial charge on any atom is 0.0541 e. The third-order valence-corrected chi connectivity index (χ3v) is 10.5. The van der Waals surface area contributed by atoms with Crippen LogP contribution in [0, 0.1) is 6.92 Å². The van der Waals surface area contributed by atoms with Gasteiger partial charge in [-0.1, -0.05) is 133 Å². The Morgan fingerprint density at radius 3 is 1.31 bits per heavy atom. The maximum absolute atomic E-state index is 2.45. The van der Waals surface area contributed by atoms with E-state index in [1.54, 1.807) is 0 Å². The zero-order valence-electron chi connectivity index (χ0n) is 28.3. The summed E-state index contributed by atoms with van der Waals surface area (Å²) in [6, 6.07) is 68.4. The second-order valence-corrected chi connectivity index (χ2v) is 13.4. The Morgan fingerprint density at radius 1 is 0.294 bits per heavy atom. The van der Waals surface area contributed by atoms with Crippen LogP contribution in [0.3, 0.4) is 0 Å². The number of hydrogen-bond acceptors (Lipinski definition) is 0. The van der Waals surface area contributed by atoms with E-state index in [1.165, 1.54) is 93.9 Å². The van der Waals surface area contributed by atoms with Gasteiger partial charge in [0, 0.05) is 32.8 Å². The minimum absolute atomic E-state index is 1.18. The molecule has 0 bridgehead atoms. The van der Waals surface area contributed by atoms with Gasteiger partial charge in [-0.3, -0.25) is 0 Å². The minimum atomic E-state index is 1.18. The van der Waals surface area contributed by atoms with Crippen molar-refractivity contribution in [3.63, 3.8) is 0 Å². The highest BCUT2D eigenvalue weighted by Crippen LogP contribution is 2.40. The number of rotatable bonds is 5. The van der Waals surface area contributed by atoms with Gasteiger partial charge < -0.3 is 9.13 Å². The van der Waals surface area contributed by atoms with Crippen LogP contribution in [0.15, 0.2) is 188 Å². The molecule has 0 aliphatic rings. The van der Waals surface area contributed by atoms with Gasteiger partial charge in [0.05, 0.1) is 27.8 Å². The number of benzene rings is 8. The molecule has 0 N–H and O–H groups in total. The number of aryl methyl sites for hydroxylation is 1. The molecule has 8 aromatic carbocycles. The van der Waals surface area contributed by atoms with E-state index in [9.17, 15) is 0 Å². The van der Waals surface area contributed by atoms with E-state index < -0.39 is 0 Å². The highest BCUT2D eigenvalue weighted by molar-refractivity contribution is 6.12. The molecule has 0 aliphatic carbocycles. The SMILES string of the molecule is Cc1cc(-c2ccccc2-n2c3ccccc3c3ccccc32)ccc1-n1c2ccc(-c3ccccc3)cc2c2cc(-c3ccccc3)ccc21. The van der Waals surface area contributed by atoms with Gasteiger partial charge in [-0.15, -0.1) is 0 Å². The molecule has 51 heavy (non-hydrogen) atoms. The van der Waals surface area contributed by atoms with E-state index in [2.05, 4.69) is 204 Å². The van der Waals surface area contributed by atoms with Crippen LogP contribution >= 0.6 is 0 Å². The van der Waals surface area contributed by atoms with E-state index in [0.717, 1.165) is 0 Å². The summed E-state index contributed by atoms with van der Waals surface area (Å²) in [7, 11) is 0. The van der Waals surface area contributed by atoms with E-state index in [4.69, 9.17) is 0 Å². The lowest BCUT2D eigenvalue weighted by atomic mass is 10.00. The van der Waals surface area contributed by atoms with E-state index in [0.29, 0.717) is 0 Å². The quantitative estimate of drug-likeness (QED) is 0.175. The third kappa shape index (κ3) is 4.72. The maximum atomic E-state index is 2.45. The average molecular weight is 651 g/mol. The average Bonchev–Trinajstić information content (AvgIpc) is 3.70. The van der Waals surface area contributed by atoms with Gasteiger partial charge in [0.25, 0.3) is 0 Å². The van der Waals surface area contributed by atoms with Crippen molar-refractivity contribution in [2.75, 3.05) is 0 Å². The molecule has 2 heterocycles. The fourth-order valence-corrected chi connectivity index (χ4v) is 8.07. The van der Waals surface area contributed by atoms with Crippen molar-refractivity contribution in [1.82, 2.24) is 9.13 Å². The molecule has 240 valence electrons. The van der Waals surface area contributed by atoms with Gasteiger partial charge in [-0.2, -0.15) is 0 Å². The largest absolute Gasteiger partial charge is 0.309 e. The molecule has 0 radical (unpaired) electrons. The van der Waals surface area contributed by atoms with E-state index >= 15 is 0 Å². The smallest absolute Gasteiger partial charge is 0.0541 e. The summed E-state index contributed by atoms with van der Waals surface area (Å²) >= 11 is 0. The van der Waals surface area contributed by atoms with Crippen LogP contribution in [-0.4, -0.2) is 9.13 Å². The second-order valence-electron chi connectivity index (χ2n) is 13.4. The molecular weight excluding hydrogens is 617 g/mol. The van der Waals surface area contributed by atoms with Gasteiger partial charge in [0.15, 0.2) is 0 Å². The molecule has 2 heteroatoms. The van der Waals surface area contributed by atoms with Crippen LogP contribution in [0.25, 0.3) is 88.4 Å². The Balaban J connectivity index is 1.16. The zero-order chi connectivity index (χ0) is 33.9. The normalized spacial score (nSPS) is 11.6. The molecular formula is C49H34N2. The Labute approximate surface area is 297 Å². The van der Waals surface area contributed by atoms with Crippen LogP contribution in [-0.2, 0) is 0 Å². The Morgan fingerprint density at radius 2 is 0.745 bits per heavy atom. The highest BCUT2D eigenvalue weighted by Gasteiger charge is 2.18. The predicted molar refractivity (Wildman–Crippen MR) is 216 cm³/mol. The number of hydrogen-bond donors (Lipinski definition) is 0. The second kappa shape index (κ2) is 11.8. The molecule has 2 nitrogen and oxygen atoms in total. The number of nitrogens with zero attached hydrogens (tertiary/aromatic N) is 2. The molecule has 0 saturated carbocycles. The van der Waals surface area contributed by atoms with Crippen molar-refractivity contribution in [2.45, 2.75) is 6.92 Å². The summed E-state index contributed by atoms with van der Waals surface area (Å²) in [6.07, 6.45) is 0. The summed E-state index contributed by atoms with van der Waals surface area (Å²) in [6.45, 7) is 2.25. The summed E-state index contributed by atoms with van der Waals surface area (Å²) in [5, 5.41) is 5.05. The lowest BCUT2D eigenvalue weighted by Crippen LogP contribution is -1.99.